The summed E-state index contributed by atoms with van der Waals surface area (Å²) in [6, 6.07) is 9.28. The molecule has 2 aromatic carbocycles. The highest BCUT2D eigenvalue weighted by Crippen LogP contribution is 2.29. The highest BCUT2D eigenvalue weighted by atomic mass is 32.2. The van der Waals surface area contributed by atoms with E-state index in [1.807, 2.05) is 0 Å². The average molecular weight is 450 g/mol. The van der Waals surface area contributed by atoms with Crippen molar-refractivity contribution in [2.75, 3.05) is 11.9 Å². The maximum absolute atomic E-state index is 13.1. The number of nitrogens with zero attached hydrogens (tertiary/aromatic N) is 3. The molecule has 4 rings (SSSR count). The van der Waals surface area contributed by atoms with Crippen molar-refractivity contribution in [2.24, 2.45) is 0 Å². The molecule has 1 amide bonds. The summed E-state index contributed by atoms with van der Waals surface area (Å²) in [5.74, 6) is -1.43. The van der Waals surface area contributed by atoms with Gasteiger partial charge in [0.05, 0.1) is 4.90 Å². The van der Waals surface area contributed by atoms with Crippen LogP contribution < -0.4 is 5.32 Å². The Morgan fingerprint density at radius 3 is 2.33 bits per heavy atom. The fourth-order valence-electron chi connectivity index (χ4n) is 3.20. The molecular weight excluding hydrogens is 434 g/mol. The Bertz CT molecular complexity index is 1170. The minimum atomic E-state index is -3.95. The van der Waals surface area contributed by atoms with Crippen LogP contribution >= 0.6 is 11.3 Å². The number of nitrogens with one attached hydrogen (secondary N) is 1. The lowest BCUT2D eigenvalue weighted by Gasteiger charge is -2.22. The van der Waals surface area contributed by atoms with Crippen molar-refractivity contribution < 1.29 is 22.0 Å². The molecule has 0 bridgehead atoms. The number of carbonyl (C=O) groups is 1. The molecule has 1 aliphatic heterocycles. The molecular formula is C19H16F2N4O3S2. The Balaban J connectivity index is 1.50. The summed E-state index contributed by atoms with van der Waals surface area (Å²) in [5.41, 5.74) is 0.649. The number of hydrogen-bond acceptors (Lipinski definition) is 6. The molecule has 1 fully saturated rings. The summed E-state index contributed by atoms with van der Waals surface area (Å²) in [5, 5.41) is 11.2. The molecule has 1 aliphatic rings. The standard InChI is InChI=1S/C19H16F2N4O3S2/c20-13-5-3-12(4-6-13)18-23-24-19(29-18)22-17(26)16-2-1-11-25(16)30(27,28)15-9-7-14(21)8-10-15/h3-10,16H,1-2,11H2,(H,22,24,26). The van der Waals surface area contributed by atoms with Gasteiger partial charge in [0.25, 0.3) is 0 Å². The number of amides is 1. The second-order valence-electron chi connectivity index (χ2n) is 6.64. The van der Waals surface area contributed by atoms with E-state index in [0.29, 0.717) is 23.4 Å². The van der Waals surface area contributed by atoms with Gasteiger partial charge in [0.1, 0.15) is 22.7 Å². The van der Waals surface area contributed by atoms with Gasteiger partial charge < -0.3 is 0 Å². The first-order valence-electron chi connectivity index (χ1n) is 9.02. The lowest BCUT2D eigenvalue weighted by atomic mass is 10.2. The van der Waals surface area contributed by atoms with Gasteiger partial charge in [0, 0.05) is 12.1 Å². The third-order valence-electron chi connectivity index (χ3n) is 4.67. The molecule has 7 nitrogen and oxygen atoms in total. The largest absolute Gasteiger partial charge is 0.299 e. The van der Waals surface area contributed by atoms with Crippen LogP contribution in [0.3, 0.4) is 0 Å². The van der Waals surface area contributed by atoms with Crippen LogP contribution in [0.1, 0.15) is 12.8 Å². The molecule has 30 heavy (non-hydrogen) atoms. The number of aromatic nitrogens is 2. The van der Waals surface area contributed by atoms with Gasteiger partial charge in [-0.2, -0.15) is 4.31 Å². The summed E-state index contributed by atoms with van der Waals surface area (Å²) < 4.78 is 53.1. The van der Waals surface area contributed by atoms with Crippen LogP contribution in [0.25, 0.3) is 10.6 Å². The van der Waals surface area contributed by atoms with E-state index >= 15 is 0 Å². The minimum Gasteiger partial charge on any atom is -0.299 e. The van der Waals surface area contributed by atoms with Crippen molar-refractivity contribution in [2.45, 2.75) is 23.8 Å². The molecule has 1 aromatic heterocycles. The summed E-state index contributed by atoms with van der Waals surface area (Å²) in [6.45, 7) is 0.189. The Morgan fingerprint density at radius 1 is 1.03 bits per heavy atom. The fourth-order valence-corrected chi connectivity index (χ4v) is 5.61. The lowest BCUT2D eigenvalue weighted by molar-refractivity contribution is -0.119. The number of hydrogen-bond donors (Lipinski definition) is 1. The molecule has 11 heteroatoms. The number of benzene rings is 2. The monoisotopic (exact) mass is 450 g/mol. The van der Waals surface area contributed by atoms with Gasteiger partial charge in [-0.25, -0.2) is 17.2 Å². The average Bonchev–Trinajstić information content (AvgIpc) is 3.39. The Morgan fingerprint density at radius 2 is 1.67 bits per heavy atom. The number of anilines is 1. The molecule has 0 spiro atoms. The molecule has 1 unspecified atom stereocenters. The molecule has 1 N–H and O–H groups in total. The summed E-state index contributed by atoms with van der Waals surface area (Å²) in [7, 11) is -3.95. The predicted octanol–water partition coefficient (Wildman–Crippen LogP) is 3.28. The van der Waals surface area contributed by atoms with Crippen LogP contribution in [-0.2, 0) is 14.8 Å². The maximum Gasteiger partial charge on any atom is 0.244 e. The zero-order valence-corrected chi connectivity index (χ0v) is 17.1. The molecule has 0 radical (unpaired) electrons. The molecule has 1 saturated heterocycles. The first-order valence-corrected chi connectivity index (χ1v) is 11.3. The Hall–Kier alpha value is -2.76. The fraction of sp³-hybridized carbons (Fsp3) is 0.211. The Labute approximate surface area is 175 Å². The third kappa shape index (κ3) is 4.09. The molecule has 3 aromatic rings. The van der Waals surface area contributed by atoms with Gasteiger partial charge in [-0.15, -0.1) is 10.2 Å². The SMILES string of the molecule is O=C(Nc1nnc(-c2ccc(F)cc2)s1)C1CCCN1S(=O)(=O)c1ccc(F)cc1. The number of sulfonamides is 1. The van der Waals surface area contributed by atoms with E-state index in [-0.39, 0.29) is 22.4 Å². The number of carbonyl (C=O) groups excluding carboxylic acids is 1. The summed E-state index contributed by atoms with van der Waals surface area (Å²) in [4.78, 5) is 12.7. The molecule has 1 atom stereocenters. The Kier molecular flexibility index (Phi) is 5.58. The topological polar surface area (TPSA) is 92.3 Å². The van der Waals surface area contributed by atoms with Crippen molar-refractivity contribution in [1.29, 1.82) is 0 Å². The summed E-state index contributed by atoms with van der Waals surface area (Å²) >= 11 is 1.10. The minimum absolute atomic E-state index is 0.0712. The molecule has 0 saturated carbocycles. The van der Waals surface area contributed by atoms with E-state index in [4.69, 9.17) is 0 Å². The van der Waals surface area contributed by atoms with Crippen LogP contribution in [0, 0.1) is 11.6 Å². The zero-order valence-electron chi connectivity index (χ0n) is 15.5. The quantitative estimate of drug-likeness (QED) is 0.644. The zero-order chi connectivity index (χ0) is 21.3. The smallest absolute Gasteiger partial charge is 0.244 e. The number of rotatable bonds is 5. The van der Waals surface area contributed by atoms with E-state index in [2.05, 4.69) is 15.5 Å². The van der Waals surface area contributed by atoms with Gasteiger partial charge in [-0.1, -0.05) is 11.3 Å². The van der Waals surface area contributed by atoms with Crippen molar-refractivity contribution >= 4 is 32.4 Å². The van der Waals surface area contributed by atoms with Gasteiger partial charge in [-0.3, -0.25) is 10.1 Å². The first kappa shape index (κ1) is 20.5. The third-order valence-corrected chi connectivity index (χ3v) is 7.48. The van der Waals surface area contributed by atoms with Crippen LogP contribution in [0.4, 0.5) is 13.9 Å². The van der Waals surface area contributed by atoms with Crippen LogP contribution in [-0.4, -0.2) is 41.4 Å². The van der Waals surface area contributed by atoms with Gasteiger partial charge in [0.2, 0.25) is 21.1 Å². The second kappa shape index (κ2) is 8.17. The predicted molar refractivity (Wildman–Crippen MR) is 107 cm³/mol. The molecule has 0 aliphatic carbocycles. The van der Waals surface area contributed by atoms with Gasteiger partial charge in [-0.05, 0) is 61.4 Å². The van der Waals surface area contributed by atoms with E-state index < -0.39 is 27.8 Å². The van der Waals surface area contributed by atoms with Crippen LogP contribution in [0.5, 0.6) is 0 Å². The number of halogens is 2. The second-order valence-corrected chi connectivity index (χ2v) is 9.50. The van der Waals surface area contributed by atoms with E-state index in [9.17, 15) is 22.0 Å². The maximum atomic E-state index is 13.1. The van der Waals surface area contributed by atoms with Crippen molar-refractivity contribution in [3.63, 3.8) is 0 Å². The highest BCUT2D eigenvalue weighted by molar-refractivity contribution is 7.89. The van der Waals surface area contributed by atoms with E-state index in [1.54, 1.807) is 12.1 Å². The summed E-state index contributed by atoms with van der Waals surface area (Å²) in [6.07, 6.45) is 0.880. The normalized spacial score (nSPS) is 17.2. The van der Waals surface area contributed by atoms with Gasteiger partial charge >= 0.3 is 0 Å². The van der Waals surface area contributed by atoms with Crippen molar-refractivity contribution in [3.8, 4) is 10.6 Å². The highest BCUT2D eigenvalue weighted by Gasteiger charge is 2.39. The first-order chi connectivity index (χ1) is 14.3. The van der Waals surface area contributed by atoms with Crippen molar-refractivity contribution in [3.05, 3.63) is 60.2 Å². The molecule has 2 heterocycles. The van der Waals surface area contributed by atoms with Crippen LogP contribution in [0.2, 0.25) is 0 Å². The van der Waals surface area contributed by atoms with Crippen molar-refractivity contribution in [1.82, 2.24) is 14.5 Å². The lowest BCUT2D eigenvalue weighted by Crippen LogP contribution is -2.43. The van der Waals surface area contributed by atoms with Crippen LogP contribution in [0.15, 0.2) is 53.4 Å². The van der Waals surface area contributed by atoms with E-state index in [1.165, 1.54) is 24.3 Å². The van der Waals surface area contributed by atoms with E-state index in [0.717, 1.165) is 27.8 Å². The molecule has 156 valence electrons. The van der Waals surface area contributed by atoms with Gasteiger partial charge in [0.15, 0.2) is 0 Å².